The summed E-state index contributed by atoms with van der Waals surface area (Å²) in [5.41, 5.74) is 0.0178. The predicted molar refractivity (Wildman–Crippen MR) is 67.2 cm³/mol. The van der Waals surface area contributed by atoms with Gasteiger partial charge in [0.25, 0.3) is 11.9 Å². The highest BCUT2D eigenvalue weighted by molar-refractivity contribution is 5.92. The van der Waals surface area contributed by atoms with Crippen molar-refractivity contribution < 1.29 is 23.8 Å². The molecule has 0 saturated carbocycles. The van der Waals surface area contributed by atoms with Crippen molar-refractivity contribution in [2.75, 3.05) is 18.5 Å². The number of nitrogens with zero attached hydrogens (tertiary/aromatic N) is 3. The molecule has 0 fully saturated rings. The second kappa shape index (κ2) is 6.72. The number of aliphatic hydroxyl groups is 2. The van der Waals surface area contributed by atoms with Gasteiger partial charge < -0.3 is 19.9 Å². The Morgan fingerprint density at radius 3 is 2.71 bits per heavy atom. The molecule has 0 aromatic carbocycles. The first-order chi connectivity index (χ1) is 10.1. The van der Waals surface area contributed by atoms with Crippen LogP contribution in [0.5, 0.6) is 0 Å². The van der Waals surface area contributed by atoms with Crippen LogP contribution in [0.25, 0.3) is 0 Å². The molecule has 2 aromatic rings. The topological polar surface area (TPSA) is 133 Å². The van der Waals surface area contributed by atoms with E-state index in [4.69, 9.17) is 10.2 Å². The maximum atomic E-state index is 12.6. The molecule has 0 radical (unpaired) electrons. The summed E-state index contributed by atoms with van der Waals surface area (Å²) in [5.74, 6) is -0.340. The molecule has 10 heteroatoms. The van der Waals surface area contributed by atoms with Gasteiger partial charge in [-0.25, -0.2) is 9.97 Å². The van der Waals surface area contributed by atoms with E-state index in [9.17, 15) is 9.18 Å². The third-order valence-corrected chi connectivity index (χ3v) is 2.31. The van der Waals surface area contributed by atoms with E-state index in [1.165, 1.54) is 12.4 Å². The summed E-state index contributed by atoms with van der Waals surface area (Å²) in [6, 6.07) is -0.936. The number of hydrogen-bond donors (Lipinski definition) is 4. The van der Waals surface area contributed by atoms with Gasteiger partial charge in [0.05, 0.1) is 25.1 Å². The minimum atomic E-state index is -1.04. The minimum absolute atomic E-state index is 0.0178. The molecule has 0 aliphatic carbocycles. The fourth-order valence-electron chi connectivity index (χ4n) is 1.30. The van der Waals surface area contributed by atoms with Gasteiger partial charge in [0.15, 0.2) is 5.82 Å². The van der Waals surface area contributed by atoms with Gasteiger partial charge in [-0.05, 0) is 0 Å². The van der Waals surface area contributed by atoms with E-state index in [0.717, 1.165) is 6.20 Å². The highest BCUT2D eigenvalue weighted by Crippen LogP contribution is 2.12. The Morgan fingerprint density at radius 2 is 2.14 bits per heavy atom. The summed E-state index contributed by atoms with van der Waals surface area (Å²) >= 11 is 0. The number of carbonyl (C=O) groups excluding carboxylic acids is 1. The predicted octanol–water partition coefficient (Wildman–Crippen LogP) is -0.570. The smallest absolute Gasteiger partial charge is 0.302 e. The minimum Gasteiger partial charge on any atom is -0.396 e. The zero-order chi connectivity index (χ0) is 15.2. The Bertz CT molecular complexity index is 603. The summed E-state index contributed by atoms with van der Waals surface area (Å²) in [6.45, 7) is -0.561. The highest BCUT2D eigenvalue weighted by Gasteiger charge is 2.11. The Labute approximate surface area is 117 Å². The van der Waals surface area contributed by atoms with Crippen molar-refractivity contribution in [1.29, 1.82) is 0 Å². The average molecular weight is 297 g/mol. The van der Waals surface area contributed by atoms with E-state index in [2.05, 4.69) is 30.0 Å². The maximum Gasteiger partial charge on any atom is 0.302 e. The summed E-state index contributed by atoms with van der Waals surface area (Å²) in [6.07, 6.45) is 2.27. The lowest BCUT2D eigenvalue weighted by Crippen LogP contribution is -2.34. The van der Waals surface area contributed by atoms with Gasteiger partial charge in [-0.15, -0.1) is 0 Å². The Hall–Kier alpha value is -2.59. The van der Waals surface area contributed by atoms with Crippen molar-refractivity contribution in [3.8, 4) is 0 Å². The Morgan fingerprint density at radius 1 is 1.33 bits per heavy atom. The van der Waals surface area contributed by atoms with Crippen LogP contribution < -0.4 is 10.6 Å². The first-order valence-corrected chi connectivity index (χ1v) is 5.86. The number of rotatable bonds is 6. The molecule has 2 rings (SSSR count). The lowest BCUT2D eigenvalue weighted by Gasteiger charge is -2.08. The molecule has 1 unspecified atom stereocenters. The SMILES string of the molecule is O=C(NCC(O)CO)c1cnc(Nc2ncc(F)o2)cn1. The zero-order valence-corrected chi connectivity index (χ0v) is 10.7. The van der Waals surface area contributed by atoms with Gasteiger partial charge in [-0.1, -0.05) is 0 Å². The average Bonchev–Trinajstić information content (AvgIpc) is 2.90. The Balaban J connectivity index is 1.93. The van der Waals surface area contributed by atoms with E-state index in [0.29, 0.717) is 0 Å². The third kappa shape index (κ3) is 4.19. The molecule has 4 N–H and O–H groups in total. The number of aromatic nitrogens is 3. The largest absolute Gasteiger partial charge is 0.396 e. The molecule has 2 aromatic heterocycles. The lowest BCUT2D eigenvalue weighted by atomic mass is 10.3. The van der Waals surface area contributed by atoms with Crippen molar-refractivity contribution in [2.24, 2.45) is 0 Å². The second-order valence-electron chi connectivity index (χ2n) is 3.93. The molecule has 112 valence electrons. The molecule has 2 heterocycles. The molecule has 0 bridgehead atoms. The number of oxazole rings is 1. The van der Waals surface area contributed by atoms with Gasteiger partial charge in [0, 0.05) is 6.54 Å². The van der Waals surface area contributed by atoms with E-state index in [-0.39, 0.29) is 24.1 Å². The second-order valence-corrected chi connectivity index (χ2v) is 3.93. The quantitative estimate of drug-likeness (QED) is 0.557. The van der Waals surface area contributed by atoms with E-state index in [1.54, 1.807) is 0 Å². The molecule has 21 heavy (non-hydrogen) atoms. The van der Waals surface area contributed by atoms with Crippen molar-refractivity contribution in [3.63, 3.8) is 0 Å². The monoisotopic (exact) mass is 297 g/mol. The summed E-state index contributed by atoms with van der Waals surface area (Å²) < 4.78 is 17.1. The first kappa shape index (κ1) is 14.8. The number of nitrogens with one attached hydrogen (secondary N) is 2. The van der Waals surface area contributed by atoms with Crippen LogP contribution in [0.1, 0.15) is 10.5 Å². The number of hydrogen-bond acceptors (Lipinski definition) is 8. The summed E-state index contributed by atoms with van der Waals surface area (Å²) in [4.78, 5) is 22.9. The number of aliphatic hydroxyl groups excluding tert-OH is 2. The summed E-state index contributed by atoms with van der Waals surface area (Å²) in [7, 11) is 0. The van der Waals surface area contributed by atoms with Crippen LogP contribution in [-0.2, 0) is 0 Å². The third-order valence-electron chi connectivity index (χ3n) is 2.31. The van der Waals surface area contributed by atoms with Crippen LogP contribution >= 0.6 is 0 Å². The van der Waals surface area contributed by atoms with Crippen LogP contribution in [0.2, 0.25) is 0 Å². The van der Waals surface area contributed by atoms with Crippen molar-refractivity contribution >= 4 is 17.7 Å². The molecule has 0 aliphatic rings. The Kier molecular flexibility index (Phi) is 4.74. The number of anilines is 2. The number of halogens is 1. The summed E-state index contributed by atoms with van der Waals surface area (Å²) in [5, 5.41) is 22.6. The normalized spacial score (nSPS) is 12.0. The van der Waals surface area contributed by atoms with E-state index in [1.807, 2.05) is 0 Å². The van der Waals surface area contributed by atoms with Crippen LogP contribution in [0.15, 0.2) is 23.0 Å². The number of carbonyl (C=O) groups is 1. The fraction of sp³-hybridized carbons (Fsp3) is 0.273. The van der Waals surface area contributed by atoms with E-state index < -0.39 is 24.6 Å². The van der Waals surface area contributed by atoms with Crippen LogP contribution in [0, 0.1) is 6.01 Å². The number of amides is 1. The first-order valence-electron chi connectivity index (χ1n) is 5.86. The van der Waals surface area contributed by atoms with Crippen molar-refractivity contribution in [1.82, 2.24) is 20.3 Å². The van der Waals surface area contributed by atoms with Gasteiger partial charge in [-0.3, -0.25) is 10.1 Å². The van der Waals surface area contributed by atoms with E-state index >= 15 is 0 Å². The van der Waals surface area contributed by atoms with Crippen molar-refractivity contribution in [2.45, 2.75) is 6.10 Å². The molecule has 1 amide bonds. The zero-order valence-electron chi connectivity index (χ0n) is 10.7. The lowest BCUT2D eigenvalue weighted by molar-refractivity contribution is 0.0798. The van der Waals surface area contributed by atoms with Crippen LogP contribution in [0.4, 0.5) is 16.2 Å². The fourth-order valence-corrected chi connectivity index (χ4v) is 1.30. The van der Waals surface area contributed by atoms with Gasteiger partial charge in [0.1, 0.15) is 11.9 Å². The molecule has 0 saturated heterocycles. The van der Waals surface area contributed by atoms with Gasteiger partial charge in [0.2, 0.25) is 0 Å². The molecular weight excluding hydrogens is 285 g/mol. The molecular formula is C11H12FN5O4. The molecule has 0 spiro atoms. The highest BCUT2D eigenvalue weighted by atomic mass is 19.1. The van der Waals surface area contributed by atoms with Crippen molar-refractivity contribution in [3.05, 3.63) is 30.3 Å². The van der Waals surface area contributed by atoms with Gasteiger partial charge >= 0.3 is 6.01 Å². The molecule has 0 aliphatic heterocycles. The maximum absolute atomic E-state index is 12.6. The standard InChI is InChI=1S/C11H12FN5O4/c12-8-3-16-11(21-8)17-9-4-13-7(2-14-9)10(20)15-1-6(19)5-18/h2-4,6,18-19H,1,5H2,(H,15,20)(H,14,16,17). The molecule has 1 atom stereocenters. The molecule has 9 nitrogen and oxygen atoms in total. The van der Waals surface area contributed by atoms with Gasteiger partial charge in [-0.2, -0.15) is 9.37 Å². The van der Waals surface area contributed by atoms with Crippen LogP contribution in [-0.4, -0.2) is 50.3 Å². The van der Waals surface area contributed by atoms with Crippen LogP contribution in [0.3, 0.4) is 0 Å².